The third-order valence-corrected chi connectivity index (χ3v) is 4.41. The number of hydrogen-bond donors (Lipinski definition) is 0. The van der Waals surface area contributed by atoms with Crippen LogP contribution in [0.4, 0.5) is 0 Å². The van der Waals surface area contributed by atoms with Crippen LogP contribution in [0.5, 0.6) is 0 Å². The smallest absolute Gasteiger partial charge is 0.0351 e. The molecule has 0 spiro atoms. The molecule has 0 saturated heterocycles. The normalized spacial score (nSPS) is 13.2. The van der Waals surface area contributed by atoms with Gasteiger partial charge in [-0.3, -0.25) is 0 Å². The predicted molar refractivity (Wildman–Crippen MR) is 94.3 cm³/mol. The zero-order valence-electron chi connectivity index (χ0n) is 14.6. The lowest BCUT2D eigenvalue weighted by atomic mass is 10.0. The summed E-state index contributed by atoms with van der Waals surface area (Å²) in [5.41, 5.74) is 0. The molecule has 0 saturated carbocycles. The Morgan fingerprint density at radius 1 is 0.650 bits per heavy atom. The Morgan fingerprint density at radius 3 is 1.70 bits per heavy atom. The van der Waals surface area contributed by atoms with E-state index >= 15 is 0 Å². The molecule has 1 unspecified atom stereocenters. The van der Waals surface area contributed by atoms with Gasteiger partial charge in [0.05, 0.1) is 0 Å². The molecule has 0 N–H and O–H groups in total. The second-order valence-electron chi connectivity index (χ2n) is 6.53. The lowest BCUT2D eigenvalue weighted by molar-refractivity contribution is 0.498. The van der Waals surface area contributed by atoms with Crippen molar-refractivity contribution in [1.82, 2.24) is 0 Å². The molecule has 0 rings (SSSR count). The predicted octanol–water partition coefficient (Wildman–Crippen LogP) is 7.68. The van der Waals surface area contributed by atoms with E-state index in [0.29, 0.717) is 0 Å². The third kappa shape index (κ3) is 15.8. The number of rotatable bonds is 15. The van der Waals surface area contributed by atoms with Crippen molar-refractivity contribution in [3.8, 4) is 0 Å². The lowest BCUT2D eigenvalue weighted by Gasteiger charge is -2.05. The van der Waals surface area contributed by atoms with Crippen LogP contribution < -0.4 is 0 Å². The largest absolute Gasteiger partial charge is 0.0885 e. The lowest BCUT2D eigenvalue weighted by Crippen LogP contribution is -1.90. The Labute approximate surface area is 129 Å². The van der Waals surface area contributed by atoms with Gasteiger partial charge in [-0.05, 0) is 31.6 Å². The van der Waals surface area contributed by atoms with Crippen molar-refractivity contribution < 1.29 is 0 Å². The summed E-state index contributed by atoms with van der Waals surface area (Å²) in [6.07, 6.45) is 24.5. The van der Waals surface area contributed by atoms with Crippen LogP contribution in [-0.4, -0.2) is 0 Å². The van der Waals surface area contributed by atoms with Gasteiger partial charge < -0.3 is 0 Å². The van der Waals surface area contributed by atoms with E-state index in [1.165, 1.54) is 89.9 Å². The minimum atomic E-state index is 0.917. The van der Waals surface area contributed by atoms with Crippen LogP contribution >= 0.6 is 0 Å². The second kappa shape index (κ2) is 16.8. The van der Waals surface area contributed by atoms with Gasteiger partial charge in [-0.25, -0.2) is 0 Å². The summed E-state index contributed by atoms with van der Waals surface area (Å²) in [7, 11) is 0. The van der Waals surface area contributed by atoms with Gasteiger partial charge in [-0.2, -0.15) is 0 Å². The standard InChI is InChI=1S/C20H40/c1-4-6-7-8-9-10-11-12-13-14-15-16-17-18-19-20(3)5-2/h15-16,20H,4-14,17-19H2,1-3H3/b16-15-. The molecule has 0 aromatic rings. The fraction of sp³-hybridized carbons (Fsp3) is 0.900. The van der Waals surface area contributed by atoms with Gasteiger partial charge in [0.15, 0.2) is 0 Å². The molecule has 120 valence electrons. The summed E-state index contributed by atoms with van der Waals surface area (Å²) in [4.78, 5) is 0. The molecule has 0 amide bonds. The second-order valence-corrected chi connectivity index (χ2v) is 6.53. The Morgan fingerprint density at radius 2 is 1.15 bits per heavy atom. The van der Waals surface area contributed by atoms with E-state index in [0.717, 1.165) is 5.92 Å². The quantitative estimate of drug-likeness (QED) is 0.213. The monoisotopic (exact) mass is 280 g/mol. The van der Waals surface area contributed by atoms with E-state index < -0.39 is 0 Å². The first-order chi connectivity index (χ1) is 9.81. The van der Waals surface area contributed by atoms with Crippen molar-refractivity contribution in [2.45, 2.75) is 111 Å². The maximum Gasteiger partial charge on any atom is -0.0351 e. The average Bonchev–Trinajstić information content (AvgIpc) is 2.47. The first-order valence-corrected chi connectivity index (χ1v) is 9.46. The highest BCUT2D eigenvalue weighted by Gasteiger charge is 1.96. The van der Waals surface area contributed by atoms with Crippen molar-refractivity contribution in [3.63, 3.8) is 0 Å². The number of allylic oxidation sites excluding steroid dienone is 2. The van der Waals surface area contributed by atoms with Gasteiger partial charge >= 0.3 is 0 Å². The van der Waals surface area contributed by atoms with Crippen LogP contribution in [0.15, 0.2) is 12.2 Å². The Balaban J connectivity index is 3.08. The summed E-state index contributed by atoms with van der Waals surface area (Å²) in [5.74, 6) is 0.917. The number of unbranched alkanes of at least 4 members (excludes halogenated alkanes) is 10. The van der Waals surface area contributed by atoms with Gasteiger partial charge in [-0.15, -0.1) is 0 Å². The molecule has 0 aromatic carbocycles. The van der Waals surface area contributed by atoms with Gasteiger partial charge in [-0.1, -0.05) is 97.1 Å². The third-order valence-electron chi connectivity index (χ3n) is 4.41. The summed E-state index contributed by atoms with van der Waals surface area (Å²) in [6.45, 7) is 6.95. The van der Waals surface area contributed by atoms with Crippen molar-refractivity contribution >= 4 is 0 Å². The molecule has 0 heteroatoms. The zero-order chi connectivity index (χ0) is 14.9. The molecular formula is C20H40. The molecular weight excluding hydrogens is 240 g/mol. The van der Waals surface area contributed by atoms with Crippen LogP contribution in [0.1, 0.15) is 111 Å². The van der Waals surface area contributed by atoms with Crippen LogP contribution in [-0.2, 0) is 0 Å². The Bertz CT molecular complexity index is 192. The average molecular weight is 281 g/mol. The van der Waals surface area contributed by atoms with Crippen molar-refractivity contribution in [2.75, 3.05) is 0 Å². The minimum Gasteiger partial charge on any atom is -0.0885 e. The summed E-state index contributed by atoms with van der Waals surface area (Å²) in [5, 5.41) is 0. The summed E-state index contributed by atoms with van der Waals surface area (Å²) in [6, 6.07) is 0. The minimum absolute atomic E-state index is 0.917. The molecule has 0 heterocycles. The van der Waals surface area contributed by atoms with Crippen molar-refractivity contribution in [3.05, 3.63) is 12.2 Å². The van der Waals surface area contributed by atoms with Crippen molar-refractivity contribution in [1.29, 1.82) is 0 Å². The molecule has 0 bridgehead atoms. The topological polar surface area (TPSA) is 0 Å². The van der Waals surface area contributed by atoms with E-state index in [9.17, 15) is 0 Å². The fourth-order valence-electron chi connectivity index (χ4n) is 2.60. The molecule has 0 radical (unpaired) electrons. The Hall–Kier alpha value is -0.260. The molecule has 1 atom stereocenters. The van der Waals surface area contributed by atoms with Crippen molar-refractivity contribution in [2.24, 2.45) is 5.92 Å². The number of hydrogen-bond acceptors (Lipinski definition) is 0. The molecule has 0 fully saturated rings. The highest BCUT2D eigenvalue weighted by molar-refractivity contribution is 4.81. The van der Waals surface area contributed by atoms with Gasteiger partial charge in [0.1, 0.15) is 0 Å². The highest BCUT2D eigenvalue weighted by atomic mass is 14.0. The van der Waals surface area contributed by atoms with E-state index in [4.69, 9.17) is 0 Å². The van der Waals surface area contributed by atoms with Crippen LogP contribution in [0.25, 0.3) is 0 Å². The molecule has 0 aliphatic rings. The molecule has 0 nitrogen and oxygen atoms in total. The summed E-state index contributed by atoms with van der Waals surface area (Å²) < 4.78 is 0. The van der Waals surface area contributed by atoms with Crippen LogP contribution in [0, 0.1) is 5.92 Å². The van der Waals surface area contributed by atoms with E-state index in [2.05, 4.69) is 32.9 Å². The molecule has 0 aliphatic heterocycles. The van der Waals surface area contributed by atoms with Gasteiger partial charge in [0.25, 0.3) is 0 Å². The Kier molecular flexibility index (Phi) is 16.6. The first-order valence-electron chi connectivity index (χ1n) is 9.46. The molecule has 0 aromatic heterocycles. The maximum absolute atomic E-state index is 2.41. The van der Waals surface area contributed by atoms with Crippen LogP contribution in [0.3, 0.4) is 0 Å². The zero-order valence-corrected chi connectivity index (χ0v) is 14.6. The van der Waals surface area contributed by atoms with E-state index in [1.54, 1.807) is 0 Å². The SMILES string of the molecule is CCCCCCCCCCC/C=C\CCCC(C)CC. The molecule has 20 heavy (non-hydrogen) atoms. The first kappa shape index (κ1) is 19.7. The molecule has 0 aliphatic carbocycles. The van der Waals surface area contributed by atoms with Crippen LogP contribution in [0.2, 0.25) is 0 Å². The van der Waals surface area contributed by atoms with E-state index in [1.807, 2.05) is 0 Å². The maximum atomic E-state index is 2.41. The highest BCUT2D eigenvalue weighted by Crippen LogP contribution is 2.12. The van der Waals surface area contributed by atoms with E-state index in [-0.39, 0.29) is 0 Å². The van der Waals surface area contributed by atoms with Gasteiger partial charge in [0.2, 0.25) is 0 Å². The fourth-order valence-corrected chi connectivity index (χ4v) is 2.60. The summed E-state index contributed by atoms with van der Waals surface area (Å²) >= 11 is 0. The van der Waals surface area contributed by atoms with Gasteiger partial charge in [0, 0.05) is 0 Å².